The molecule has 12 nitrogen and oxygen atoms in total. The summed E-state index contributed by atoms with van der Waals surface area (Å²) in [5, 5.41) is 0.607. The summed E-state index contributed by atoms with van der Waals surface area (Å²) in [6.45, 7) is 0.880. The molecule has 0 radical (unpaired) electrons. The van der Waals surface area contributed by atoms with Crippen LogP contribution in [0.15, 0.2) is 59.4 Å². The van der Waals surface area contributed by atoms with Gasteiger partial charge in [0.1, 0.15) is 0 Å². The van der Waals surface area contributed by atoms with Crippen LogP contribution in [0, 0.1) is 0 Å². The number of aryl methyl sites for hydroxylation is 3. The number of aromatic amines is 2. The topological polar surface area (TPSA) is 145 Å². The lowest BCUT2D eigenvalue weighted by atomic mass is 10.2. The van der Waals surface area contributed by atoms with E-state index in [4.69, 9.17) is 0 Å². The standard InChI is InChI=1S/C22H21BrN8O4S/c1-28-15-13(17(32)26-20(28)34)30(19(23)24-15)9-6-10-36-22-25-16-14(18(33)27-21(35)29(16)2)31(22)11-12-7-4-3-5-8-12/h3-5,7-8H,6,9-11H2,1-2H3,(H,26,32,34)(H,27,33,35). The molecule has 0 saturated carbocycles. The number of nitrogens with zero attached hydrogens (tertiary/aromatic N) is 6. The average molecular weight is 573 g/mol. The van der Waals surface area contributed by atoms with Crippen LogP contribution in [0.25, 0.3) is 22.3 Å². The van der Waals surface area contributed by atoms with Gasteiger partial charge in [-0.05, 0) is 27.9 Å². The zero-order valence-electron chi connectivity index (χ0n) is 19.3. The van der Waals surface area contributed by atoms with Crippen LogP contribution in [0.2, 0.25) is 0 Å². The van der Waals surface area contributed by atoms with E-state index >= 15 is 0 Å². The van der Waals surface area contributed by atoms with Crippen molar-refractivity contribution in [2.45, 2.75) is 24.7 Å². The molecule has 0 aliphatic heterocycles. The second kappa shape index (κ2) is 9.43. The number of thioether (sulfide) groups is 1. The third-order valence-corrected chi connectivity index (χ3v) is 7.54. The van der Waals surface area contributed by atoms with E-state index in [0.717, 1.165) is 5.56 Å². The Labute approximate surface area is 214 Å². The molecule has 0 aliphatic carbocycles. The van der Waals surface area contributed by atoms with Crippen LogP contribution in [0.1, 0.15) is 12.0 Å². The predicted molar refractivity (Wildman–Crippen MR) is 140 cm³/mol. The fourth-order valence-corrected chi connectivity index (χ4v) is 5.48. The molecule has 5 rings (SSSR count). The maximum Gasteiger partial charge on any atom is 0.329 e. The van der Waals surface area contributed by atoms with Crippen LogP contribution in [0.3, 0.4) is 0 Å². The van der Waals surface area contributed by atoms with Crippen molar-refractivity contribution in [2.75, 3.05) is 5.75 Å². The SMILES string of the molecule is Cn1c(=O)[nH]c(=O)c2c1nc(Br)n2CCCSc1nc2c(c(=O)[nH]c(=O)n2C)n1Cc1ccccc1. The van der Waals surface area contributed by atoms with E-state index in [1.54, 1.807) is 18.7 Å². The number of hydrogen-bond donors (Lipinski definition) is 2. The van der Waals surface area contributed by atoms with Gasteiger partial charge in [0, 0.05) is 26.4 Å². The lowest BCUT2D eigenvalue weighted by Crippen LogP contribution is -2.29. The summed E-state index contributed by atoms with van der Waals surface area (Å²) in [7, 11) is 3.12. The highest BCUT2D eigenvalue weighted by molar-refractivity contribution is 9.10. The Morgan fingerprint density at radius 3 is 2.08 bits per heavy atom. The lowest BCUT2D eigenvalue weighted by Gasteiger charge is -2.09. The second-order valence-electron chi connectivity index (χ2n) is 8.18. The quantitative estimate of drug-likeness (QED) is 0.169. The molecule has 0 unspecified atom stereocenters. The molecule has 186 valence electrons. The molecule has 0 atom stereocenters. The molecule has 14 heteroatoms. The van der Waals surface area contributed by atoms with Gasteiger partial charge >= 0.3 is 11.4 Å². The highest BCUT2D eigenvalue weighted by Gasteiger charge is 2.19. The number of halogens is 1. The Hall–Kier alpha value is -3.65. The first-order valence-electron chi connectivity index (χ1n) is 11.0. The van der Waals surface area contributed by atoms with Crippen LogP contribution < -0.4 is 22.5 Å². The van der Waals surface area contributed by atoms with Gasteiger partial charge in [-0.15, -0.1) is 0 Å². The van der Waals surface area contributed by atoms with Crippen LogP contribution in [-0.4, -0.2) is 44.0 Å². The molecule has 0 fully saturated rings. The Balaban J connectivity index is 1.44. The summed E-state index contributed by atoms with van der Waals surface area (Å²) in [6, 6.07) is 9.69. The van der Waals surface area contributed by atoms with Crippen molar-refractivity contribution < 1.29 is 0 Å². The number of benzene rings is 1. The van der Waals surface area contributed by atoms with Crippen molar-refractivity contribution in [2.24, 2.45) is 14.1 Å². The van der Waals surface area contributed by atoms with Gasteiger partial charge in [-0.2, -0.15) is 0 Å². The summed E-state index contributed by atoms with van der Waals surface area (Å²) in [5.41, 5.74) is 0.222. The number of nitrogens with one attached hydrogen (secondary N) is 2. The number of aromatic nitrogens is 8. The van der Waals surface area contributed by atoms with Gasteiger partial charge < -0.3 is 9.13 Å². The first kappa shape index (κ1) is 24.1. The van der Waals surface area contributed by atoms with Crippen molar-refractivity contribution in [1.29, 1.82) is 0 Å². The fraction of sp³-hybridized carbons (Fsp3) is 0.273. The molecule has 1 aromatic carbocycles. The van der Waals surface area contributed by atoms with Gasteiger partial charge in [0.25, 0.3) is 11.1 Å². The number of rotatable bonds is 7. The summed E-state index contributed by atoms with van der Waals surface area (Å²) in [5.74, 6) is 0.611. The van der Waals surface area contributed by atoms with Crippen LogP contribution >= 0.6 is 27.7 Å². The van der Waals surface area contributed by atoms with Gasteiger partial charge in [-0.3, -0.25) is 28.7 Å². The van der Waals surface area contributed by atoms with Gasteiger partial charge in [-0.25, -0.2) is 19.6 Å². The van der Waals surface area contributed by atoms with Gasteiger partial charge in [0.15, 0.2) is 32.2 Å². The monoisotopic (exact) mass is 572 g/mol. The number of hydrogen-bond acceptors (Lipinski definition) is 7. The molecule has 4 heterocycles. The van der Waals surface area contributed by atoms with E-state index in [-0.39, 0.29) is 0 Å². The molecule has 36 heavy (non-hydrogen) atoms. The number of H-pyrrole nitrogens is 2. The zero-order chi connectivity index (χ0) is 25.6. The summed E-state index contributed by atoms with van der Waals surface area (Å²) < 4.78 is 6.60. The molecule has 0 saturated heterocycles. The van der Waals surface area contributed by atoms with Gasteiger partial charge in [-0.1, -0.05) is 42.1 Å². The van der Waals surface area contributed by atoms with E-state index in [0.29, 0.717) is 57.5 Å². The van der Waals surface area contributed by atoms with E-state index < -0.39 is 22.5 Å². The van der Waals surface area contributed by atoms with Crippen LogP contribution in [0.4, 0.5) is 0 Å². The largest absolute Gasteiger partial charge is 0.329 e. The maximum absolute atomic E-state index is 12.7. The molecular formula is C22H21BrN8O4S. The lowest BCUT2D eigenvalue weighted by molar-refractivity contribution is 0.681. The zero-order valence-corrected chi connectivity index (χ0v) is 21.7. The highest BCUT2D eigenvalue weighted by atomic mass is 79.9. The number of imidazole rings is 2. The van der Waals surface area contributed by atoms with E-state index in [1.807, 2.05) is 34.9 Å². The first-order chi connectivity index (χ1) is 17.3. The second-order valence-corrected chi connectivity index (χ2v) is 9.95. The minimum atomic E-state index is -0.526. The normalized spacial score (nSPS) is 11.6. The summed E-state index contributed by atoms with van der Waals surface area (Å²) in [4.78, 5) is 62.7. The summed E-state index contributed by atoms with van der Waals surface area (Å²) >= 11 is 4.84. The molecule has 0 bridgehead atoms. The van der Waals surface area contributed by atoms with Gasteiger partial charge in [0.05, 0.1) is 6.54 Å². The third-order valence-electron chi connectivity index (χ3n) is 5.87. The smallest absolute Gasteiger partial charge is 0.313 e. The molecule has 4 aromatic heterocycles. The van der Waals surface area contributed by atoms with Crippen LogP contribution in [0.5, 0.6) is 0 Å². The maximum atomic E-state index is 12.7. The number of fused-ring (bicyclic) bond motifs is 2. The Bertz CT molecular complexity index is 1840. The molecule has 0 spiro atoms. The molecule has 2 N–H and O–H groups in total. The fourth-order valence-electron chi connectivity index (χ4n) is 4.04. The van der Waals surface area contributed by atoms with E-state index in [1.165, 1.54) is 20.9 Å². The molecule has 0 amide bonds. The Morgan fingerprint density at radius 1 is 0.861 bits per heavy atom. The van der Waals surface area contributed by atoms with Crippen molar-refractivity contribution in [3.05, 3.63) is 82.3 Å². The summed E-state index contributed by atoms with van der Waals surface area (Å²) in [6.07, 6.45) is 0.640. The van der Waals surface area contributed by atoms with Crippen molar-refractivity contribution in [3.63, 3.8) is 0 Å². The van der Waals surface area contributed by atoms with Crippen molar-refractivity contribution in [1.82, 2.24) is 38.2 Å². The van der Waals surface area contributed by atoms with Crippen LogP contribution in [-0.2, 0) is 27.2 Å². The Kier molecular flexibility index (Phi) is 6.30. The van der Waals surface area contributed by atoms with E-state index in [2.05, 4.69) is 35.9 Å². The minimum absolute atomic E-state index is 0.299. The molecule has 0 aliphatic rings. The third kappa shape index (κ3) is 4.15. The highest BCUT2D eigenvalue weighted by Crippen LogP contribution is 2.24. The molecular weight excluding hydrogens is 552 g/mol. The minimum Gasteiger partial charge on any atom is -0.313 e. The Morgan fingerprint density at radius 2 is 1.44 bits per heavy atom. The van der Waals surface area contributed by atoms with Gasteiger partial charge in [0.2, 0.25) is 0 Å². The first-order valence-corrected chi connectivity index (χ1v) is 12.8. The van der Waals surface area contributed by atoms with Crippen molar-refractivity contribution in [3.8, 4) is 0 Å². The average Bonchev–Trinajstić information content (AvgIpc) is 3.38. The van der Waals surface area contributed by atoms with Crippen molar-refractivity contribution >= 4 is 50.0 Å². The predicted octanol–water partition coefficient (Wildman–Crippen LogP) is 1.15. The van der Waals surface area contributed by atoms with E-state index in [9.17, 15) is 19.2 Å². The molecule has 5 aromatic rings.